The fourth-order valence-electron chi connectivity index (χ4n) is 3.61. The molecule has 2 atom stereocenters. The number of carbonyl (C=O) groups is 3. The van der Waals surface area contributed by atoms with Crippen LogP contribution in [0.15, 0.2) is 28.7 Å². The molecule has 3 rings (SSSR count). The SMILES string of the molecule is CN(Cc1ccccc1Br)C(=O)CN1C(=O)C2CCCCC2C1=O. The van der Waals surface area contributed by atoms with Gasteiger partial charge < -0.3 is 4.90 Å². The van der Waals surface area contributed by atoms with Crippen molar-refractivity contribution >= 4 is 33.7 Å². The summed E-state index contributed by atoms with van der Waals surface area (Å²) in [7, 11) is 1.69. The van der Waals surface area contributed by atoms with Crippen LogP contribution in [0.25, 0.3) is 0 Å². The minimum absolute atomic E-state index is 0.147. The predicted octanol–water partition coefficient (Wildman–Crippen LogP) is 2.58. The van der Waals surface area contributed by atoms with E-state index >= 15 is 0 Å². The summed E-state index contributed by atoms with van der Waals surface area (Å²) in [5, 5.41) is 0. The smallest absolute Gasteiger partial charge is 0.242 e. The molecule has 2 fully saturated rings. The Labute approximate surface area is 150 Å². The summed E-state index contributed by atoms with van der Waals surface area (Å²) in [5.41, 5.74) is 0.987. The van der Waals surface area contributed by atoms with Crippen molar-refractivity contribution in [2.24, 2.45) is 11.8 Å². The first kappa shape index (κ1) is 17.1. The normalized spacial score (nSPS) is 23.3. The van der Waals surface area contributed by atoms with Crippen LogP contribution in [0, 0.1) is 11.8 Å². The van der Waals surface area contributed by atoms with Gasteiger partial charge in [0, 0.05) is 18.1 Å². The number of benzene rings is 1. The van der Waals surface area contributed by atoms with E-state index in [1.54, 1.807) is 11.9 Å². The molecule has 1 saturated carbocycles. The average Bonchev–Trinajstić information content (AvgIpc) is 2.82. The number of imide groups is 1. The number of likely N-dealkylation sites (tertiary alicyclic amines) is 1. The second kappa shape index (κ2) is 7.05. The monoisotopic (exact) mass is 392 g/mol. The van der Waals surface area contributed by atoms with E-state index in [2.05, 4.69) is 15.9 Å². The Bertz CT molecular complexity index is 652. The first-order valence-electron chi connectivity index (χ1n) is 8.31. The summed E-state index contributed by atoms with van der Waals surface area (Å²) < 4.78 is 0.934. The van der Waals surface area contributed by atoms with Gasteiger partial charge in [-0.1, -0.05) is 47.0 Å². The Morgan fingerprint density at radius 3 is 2.33 bits per heavy atom. The summed E-state index contributed by atoms with van der Waals surface area (Å²) in [6.07, 6.45) is 3.52. The van der Waals surface area contributed by atoms with Crippen molar-refractivity contribution in [1.29, 1.82) is 0 Å². The van der Waals surface area contributed by atoms with Crippen molar-refractivity contribution < 1.29 is 14.4 Å². The van der Waals surface area contributed by atoms with E-state index in [1.165, 1.54) is 4.90 Å². The molecule has 1 aromatic rings. The molecule has 5 nitrogen and oxygen atoms in total. The molecular formula is C18H21BrN2O3. The van der Waals surface area contributed by atoms with Gasteiger partial charge in [0.15, 0.2) is 0 Å². The molecule has 2 unspecified atom stereocenters. The van der Waals surface area contributed by atoms with E-state index in [1.807, 2.05) is 24.3 Å². The Morgan fingerprint density at radius 2 is 1.75 bits per heavy atom. The van der Waals surface area contributed by atoms with E-state index in [9.17, 15) is 14.4 Å². The van der Waals surface area contributed by atoms with Crippen molar-refractivity contribution in [2.45, 2.75) is 32.2 Å². The molecular weight excluding hydrogens is 372 g/mol. The number of halogens is 1. The van der Waals surface area contributed by atoms with E-state index in [0.717, 1.165) is 35.7 Å². The molecule has 128 valence electrons. The molecule has 0 N–H and O–H groups in total. The third-order valence-electron chi connectivity index (χ3n) is 5.02. The van der Waals surface area contributed by atoms with Gasteiger partial charge in [0.2, 0.25) is 17.7 Å². The van der Waals surface area contributed by atoms with Gasteiger partial charge in [-0.3, -0.25) is 19.3 Å². The Morgan fingerprint density at radius 1 is 1.17 bits per heavy atom. The van der Waals surface area contributed by atoms with Crippen LogP contribution >= 0.6 is 15.9 Å². The summed E-state index contributed by atoms with van der Waals surface area (Å²) in [5.74, 6) is -0.939. The topological polar surface area (TPSA) is 57.7 Å². The van der Waals surface area contributed by atoms with Gasteiger partial charge in [0.1, 0.15) is 6.54 Å². The van der Waals surface area contributed by atoms with E-state index < -0.39 is 0 Å². The summed E-state index contributed by atoms with van der Waals surface area (Å²) >= 11 is 3.47. The highest BCUT2D eigenvalue weighted by Gasteiger charge is 2.48. The number of likely N-dealkylation sites (N-methyl/N-ethyl adjacent to an activating group) is 1. The summed E-state index contributed by atoms with van der Waals surface area (Å²) in [4.78, 5) is 40.1. The van der Waals surface area contributed by atoms with Crippen molar-refractivity contribution in [3.63, 3.8) is 0 Å². The summed E-state index contributed by atoms with van der Waals surface area (Å²) in [6.45, 7) is 0.287. The van der Waals surface area contributed by atoms with Gasteiger partial charge in [-0.25, -0.2) is 0 Å². The molecule has 1 saturated heterocycles. The van der Waals surface area contributed by atoms with E-state index in [-0.39, 0.29) is 36.1 Å². The lowest BCUT2D eigenvalue weighted by Gasteiger charge is -2.21. The number of fused-ring (bicyclic) bond motifs is 1. The van der Waals surface area contributed by atoms with Crippen LogP contribution in [0.2, 0.25) is 0 Å². The fraction of sp³-hybridized carbons (Fsp3) is 0.500. The van der Waals surface area contributed by atoms with Gasteiger partial charge in [-0.15, -0.1) is 0 Å². The Kier molecular flexibility index (Phi) is 5.04. The van der Waals surface area contributed by atoms with Crippen LogP contribution in [0.1, 0.15) is 31.2 Å². The average molecular weight is 393 g/mol. The van der Waals surface area contributed by atoms with Gasteiger partial charge in [0.25, 0.3) is 0 Å². The Hall–Kier alpha value is -1.69. The van der Waals surface area contributed by atoms with Crippen LogP contribution < -0.4 is 0 Å². The van der Waals surface area contributed by atoms with Crippen molar-refractivity contribution in [3.05, 3.63) is 34.3 Å². The van der Waals surface area contributed by atoms with Crippen molar-refractivity contribution in [2.75, 3.05) is 13.6 Å². The molecule has 2 aliphatic rings. The van der Waals surface area contributed by atoms with Crippen LogP contribution in [0.3, 0.4) is 0 Å². The first-order chi connectivity index (χ1) is 11.5. The van der Waals surface area contributed by atoms with Gasteiger partial charge >= 0.3 is 0 Å². The van der Waals surface area contributed by atoms with Crippen LogP contribution in [-0.2, 0) is 20.9 Å². The zero-order valence-corrected chi connectivity index (χ0v) is 15.3. The molecule has 1 aliphatic carbocycles. The third kappa shape index (κ3) is 3.24. The fourth-order valence-corrected chi connectivity index (χ4v) is 4.02. The quantitative estimate of drug-likeness (QED) is 0.739. The molecule has 1 heterocycles. The molecule has 0 aromatic heterocycles. The predicted molar refractivity (Wildman–Crippen MR) is 92.8 cm³/mol. The first-order valence-corrected chi connectivity index (χ1v) is 9.11. The molecule has 24 heavy (non-hydrogen) atoms. The van der Waals surface area contributed by atoms with Crippen LogP contribution in [-0.4, -0.2) is 41.1 Å². The second-order valence-electron chi connectivity index (χ2n) is 6.60. The minimum Gasteiger partial charge on any atom is -0.340 e. The highest BCUT2D eigenvalue weighted by molar-refractivity contribution is 9.10. The lowest BCUT2D eigenvalue weighted by atomic mass is 9.81. The van der Waals surface area contributed by atoms with Gasteiger partial charge in [-0.2, -0.15) is 0 Å². The molecule has 6 heteroatoms. The minimum atomic E-state index is -0.217. The lowest BCUT2D eigenvalue weighted by molar-refractivity contribution is -0.146. The summed E-state index contributed by atoms with van der Waals surface area (Å²) in [6, 6.07) is 7.69. The highest BCUT2D eigenvalue weighted by atomic mass is 79.9. The number of carbonyl (C=O) groups excluding carboxylic acids is 3. The standard InChI is InChI=1S/C18H21BrN2O3/c1-20(10-12-6-2-5-9-15(12)19)16(22)11-21-17(23)13-7-3-4-8-14(13)18(21)24/h2,5-6,9,13-14H,3-4,7-8,10-11H2,1H3. The second-order valence-corrected chi connectivity index (χ2v) is 7.46. The van der Waals surface area contributed by atoms with Gasteiger partial charge in [-0.05, 0) is 24.5 Å². The highest BCUT2D eigenvalue weighted by Crippen LogP contribution is 2.37. The van der Waals surface area contributed by atoms with E-state index in [4.69, 9.17) is 0 Å². The number of amides is 3. The van der Waals surface area contributed by atoms with E-state index in [0.29, 0.717) is 6.54 Å². The number of hydrogen-bond donors (Lipinski definition) is 0. The molecule has 3 amide bonds. The largest absolute Gasteiger partial charge is 0.340 e. The maximum atomic E-state index is 12.5. The van der Waals surface area contributed by atoms with Crippen LogP contribution in [0.4, 0.5) is 0 Å². The maximum Gasteiger partial charge on any atom is 0.242 e. The molecule has 0 radical (unpaired) electrons. The molecule has 0 spiro atoms. The lowest BCUT2D eigenvalue weighted by Crippen LogP contribution is -2.41. The Balaban J connectivity index is 1.65. The third-order valence-corrected chi connectivity index (χ3v) is 5.79. The number of hydrogen-bond acceptors (Lipinski definition) is 3. The molecule has 1 aliphatic heterocycles. The number of nitrogens with zero attached hydrogens (tertiary/aromatic N) is 2. The van der Waals surface area contributed by atoms with Crippen molar-refractivity contribution in [1.82, 2.24) is 9.80 Å². The molecule has 0 bridgehead atoms. The number of rotatable bonds is 4. The molecule has 1 aromatic carbocycles. The van der Waals surface area contributed by atoms with Gasteiger partial charge in [0.05, 0.1) is 11.8 Å². The zero-order valence-electron chi connectivity index (χ0n) is 13.7. The maximum absolute atomic E-state index is 12.5. The van der Waals surface area contributed by atoms with Crippen LogP contribution in [0.5, 0.6) is 0 Å². The zero-order chi connectivity index (χ0) is 17.3. The van der Waals surface area contributed by atoms with Crippen molar-refractivity contribution in [3.8, 4) is 0 Å².